The van der Waals surface area contributed by atoms with Gasteiger partial charge in [0.2, 0.25) is 0 Å². The number of thiocarbonyl (C=S) groups is 1. The van der Waals surface area contributed by atoms with Gasteiger partial charge >= 0.3 is 0 Å². The lowest BCUT2D eigenvalue weighted by atomic mass is 10.0. The molecule has 2 N–H and O–H groups in total. The molecule has 0 spiro atoms. The second kappa shape index (κ2) is 5.26. The van der Waals surface area contributed by atoms with Crippen molar-refractivity contribution in [2.75, 3.05) is 0 Å². The van der Waals surface area contributed by atoms with Crippen LogP contribution in [-0.4, -0.2) is 15.8 Å². The van der Waals surface area contributed by atoms with Gasteiger partial charge in [0.05, 0.1) is 12.0 Å². The van der Waals surface area contributed by atoms with Gasteiger partial charge in [-0.05, 0) is 42.0 Å². The number of hydrogen-bond acceptors (Lipinski definition) is 3. The second-order valence-electron chi connectivity index (χ2n) is 4.47. The Hall–Kier alpha value is -1.85. The third-order valence-corrected chi connectivity index (χ3v) is 3.62. The average Bonchev–Trinajstić information content (AvgIpc) is 3.08. The van der Waals surface area contributed by atoms with Crippen LogP contribution in [0.25, 0.3) is 0 Å². The van der Waals surface area contributed by atoms with Crippen molar-refractivity contribution < 1.29 is 4.42 Å². The molecule has 0 saturated carbocycles. The van der Waals surface area contributed by atoms with Gasteiger partial charge in [-0.15, -0.1) is 0 Å². The maximum atomic E-state index is 5.90. The minimum Gasteiger partial charge on any atom is -0.467 e. The molecule has 3 rings (SSSR count). The highest BCUT2D eigenvalue weighted by Gasteiger charge is 2.32. The Balaban J connectivity index is 1.92. The lowest BCUT2D eigenvalue weighted by Crippen LogP contribution is -2.31. The van der Waals surface area contributed by atoms with Crippen LogP contribution in [0.4, 0.5) is 0 Å². The summed E-state index contributed by atoms with van der Waals surface area (Å²) in [6, 6.07) is 11.2. The average molecular weight is 306 g/mol. The summed E-state index contributed by atoms with van der Waals surface area (Å²) in [4.78, 5) is 0. The van der Waals surface area contributed by atoms with Crippen molar-refractivity contribution in [2.24, 2.45) is 10.8 Å². The minimum atomic E-state index is -0.0896. The van der Waals surface area contributed by atoms with E-state index in [9.17, 15) is 0 Å². The molecule has 1 aliphatic rings. The highest BCUT2D eigenvalue weighted by Crippen LogP contribution is 2.32. The summed E-state index contributed by atoms with van der Waals surface area (Å²) in [6.07, 6.45) is 2.32. The normalized spacial score (nSPS) is 18.1. The number of nitrogens with zero attached hydrogens (tertiary/aromatic N) is 2. The standard InChI is InChI=1S/C14H12ClN3OS/c15-10-5-3-9(4-6-10)11-8-12(13-2-1-7-19-13)18(17-11)14(16)20/h1-7,12H,8H2,(H2,16,20)/t12-/m1/s1. The van der Waals surface area contributed by atoms with E-state index in [1.807, 2.05) is 36.4 Å². The first-order valence-corrected chi connectivity index (χ1v) is 6.89. The fourth-order valence-electron chi connectivity index (χ4n) is 2.23. The molecule has 2 aromatic rings. The van der Waals surface area contributed by atoms with Crippen LogP contribution in [0.2, 0.25) is 5.02 Å². The van der Waals surface area contributed by atoms with Crippen molar-refractivity contribution in [2.45, 2.75) is 12.5 Å². The highest BCUT2D eigenvalue weighted by molar-refractivity contribution is 7.80. The van der Waals surface area contributed by atoms with Crippen molar-refractivity contribution in [3.63, 3.8) is 0 Å². The maximum absolute atomic E-state index is 5.90. The fourth-order valence-corrected chi connectivity index (χ4v) is 2.53. The first-order valence-electron chi connectivity index (χ1n) is 6.10. The molecule has 0 saturated heterocycles. The third kappa shape index (κ3) is 2.42. The predicted molar refractivity (Wildman–Crippen MR) is 82.7 cm³/mol. The molecule has 20 heavy (non-hydrogen) atoms. The molecule has 0 aliphatic carbocycles. The predicted octanol–water partition coefficient (Wildman–Crippen LogP) is 3.33. The molecule has 0 radical (unpaired) electrons. The van der Waals surface area contributed by atoms with E-state index < -0.39 is 0 Å². The summed E-state index contributed by atoms with van der Waals surface area (Å²) < 4.78 is 5.45. The number of rotatable bonds is 2. The molecule has 0 unspecified atom stereocenters. The van der Waals surface area contributed by atoms with Gasteiger partial charge in [0.25, 0.3) is 0 Å². The first-order chi connectivity index (χ1) is 9.65. The molecule has 6 heteroatoms. The number of hydrogen-bond donors (Lipinski definition) is 1. The van der Waals surface area contributed by atoms with Crippen LogP contribution in [0.1, 0.15) is 23.8 Å². The molecule has 1 atom stereocenters. The van der Waals surface area contributed by atoms with E-state index in [4.69, 9.17) is 34.0 Å². The van der Waals surface area contributed by atoms with Crippen LogP contribution in [0.3, 0.4) is 0 Å². The molecule has 1 aliphatic heterocycles. The molecule has 0 fully saturated rings. The number of nitrogens with two attached hydrogens (primary N) is 1. The van der Waals surface area contributed by atoms with E-state index in [0.717, 1.165) is 17.0 Å². The number of benzene rings is 1. The topological polar surface area (TPSA) is 54.8 Å². The van der Waals surface area contributed by atoms with Gasteiger partial charge in [-0.25, -0.2) is 5.01 Å². The molecule has 102 valence electrons. The van der Waals surface area contributed by atoms with Crippen LogP contribution in [0.15, 0.2) is 52.2 Å². The SMILES string of the molecule is NC(=S)N1N=C(c2ccc(Cl)cc2)C[C@@H]1c1ccco1. The fraction of sp³-hybridized carbons (Fsp3) is 0.143. The zero-order valence-corrected chi connectivity index (χ0v) is 12.1. The van der Waals surface area contributed by atoms with Crippen LogP contribution in [0, 0.1) is 0 Å². The van der Waals surface area contributed by atoms with Crippen LogP contribution < -0.4 is 5.73 Å². The quantitative estimate of drug-likeness (QED) is 0.865. The summed E-state index contributed by atoms with van der Waals surface area (Å²) in [5.74, 6) is 0.797. The van der Waals surface area contributed by atoms with E-state index in [1.165, 1.54) is 0 Å². The summed E-state index contributed by atoms with van der Waals surface area (Å²) in [6.45, 7) is 0. The van der Waals surface area contributed by atoms with Gasteiger partial charge in [0.1, 0.15) is 11.8 Å². The number of hydrazone groups is 1. The maximum Gasteiger partial charge on any atom is 0.187 e. The molecule has 0 amide bonds. The smallest absolute Gasteiger partial charge is 0.187 e. The van der Waals surface area contributed by atoms with E-state index in [2.05, 4.69) is 5.10 Å². The first kappa shape index (κ1) is 13.1. The Labute approximate surface area is 126 Å². The minimum absolute atomic E-state index is 0.0896. The summed E-state index contributed by atoms with van der Waals surface area (Å²) in [7, 11) is 0. The Morgan fingerprint density at radius 3 is 2.70 bits per heavy atom. The number of furan rings is 1. The van der Waals surface area contributed by atoms with Gasteiger partial charge in [0, 0.05) is 11.4 Å². The van der Waals surface area contributed by atoms with E-state index in [1.54, 1.807) is 11.3 Å². The molecule has 0 bridgehead atoms. The highest BCUT2D eigenvalue weighted by atomic mass is 35.5. The van der Waals surface area contributed by atoms with Gasteiger partial charge in [-0.1, -0.05) is 23.7 Å². The van der Waals surface area contributed by atoms with Crippen molar-refractivity contribution in [1.29, 1.82) is 0 Å². The second-order valence-corrected chi connectivity index (χ2v) is 5.33. The molecular weight excluding hydrogens is 294 g/mol. The Morgan fingerprint density at radius 2 is 2.10 bits per heavy atom. The molecule has 1 aromatic carbocycles. The van der Waals surface area contributed by atoms with Gasteiger partial charge in [-0.3, -0.25) is 0 Å². The summed E-state index contributed by atoms with van der Waals surface area (Å²) >= 11 is 11.0. The Morgan fingerprint density at radius 1 is 1.35 bits per heavy atom. The molecule has 1 aromatic heterocycles. The number of halogens is 1. The summed E-state index contributed by atoms with van der Waals surface area (Å²) in [5, 5.41) is 7.06. The van der Waals surface area contributed by atoms with Crippen LogP contribution in [0.5, 0.6) is 0 Å². The Bertz CT molecular complexity index is 652. The van der Waals surface area contributed by atoms with Crippen molar-refractivity contribution >= 4 is 34.6 Å². The van der Waals surface area contributed by atoms with Crippen molar-refractivity contribution in [3.05, 3.63) is 59.0 Å². The van der Waals surface area contributed by atoms with Crippen LogP contribution >= 0.6 is 23.8 Å². The monoisotopic (exact) mass is 305 g/mol. The lowest BCUT2D eigenvalue weighted by Gasteiger charge is -2.19. The van der Waals surface area contributed by atoms with Crippen molar-refractivity contribution in [1.82, 2.24) is 5.01 Å². The molecule has 2 heterocycles. The van der Waals surface area contributed by atoms with E-state index >= 15 is 0 Å². The lowest BCUT2D eigenvalue weighted by molar-refractivity contribution is 0.316. The van der Waals surface area contributed by atoms with Crippen molar-refractivity contribution in [3.8, 4) is 0 Å². The van der Waals surface area contributed by atoms with E-state index in [0.29, 0.717) is 11.4 Å². The van der Waals surface area contributed by atoms with Gasteiger partial charge < -0.3 is 10.2 Å². The molecular formula is C14H12ClN3OS. The van der Waals surface area contributed by atoms with Gasteiger partial charge in [0.15, 0.2) is 5.11 Å². The Kier molecular flexibility index (Phi) is 3.46. The van der Waals surface area contributed by atoms with Crippen LogP contribution in [-0.2, 0) is 0 Å². The van der Waals surface area contributed by atoms with Gasteiger partial charge in [-0.2, -0.15) is 5.10 Å². The zero-order valence-electron chi connectivity index (χ0n) is 10.5. The third-order valence-electron chi connectivity index (χ3n) is 3.19. The molecule has 4 nitrogen and oxygen atoms in total. The van der Waals surface area contributed by atoms with E-state index in [-0.39, 0.29) is 11.2 Å². The summed E-state index contributed by atoms with van der Waals surface area (Å²) in [5.41, 5.74) is 7.66. The zero-order chi connectivity index (χ0) is 14.1. The largest absolute Gasteiger partial charge is 0.467 e.